The van der Waals surface area contributed by atoms with Crippen molar-refractivity contribution < 1.29 is 13.9 Å². The van der Waals surface area contributed by atoms with Gasteiger partial charge >= 0.3 is 11.8 Å². The van der Waals surface area contributed by atoms with Gasteiger partial charge in [-0.1, -0.05) is 53.6 Å². The molecule has 3 aromatic rings. The minimum Gasteiger partial charge on any atom is -0.449 e. The Kier molecular flexibility index (Phi) is 3.65. The van der Waals surface area contributed by atoms with E-state index in [4.69, 9.17) is 19.6 Å². The van der Waals surface area contributed by atoms with E-state index < -0.39 is 5.79 Å². The van der Waals surface area contributed by atoms with E-state index >= 15 is 0 Å². The summed E-state index contributed by atoms with van der Waals surface area (Å²) in [5, 5.41) is 7.70. The van der Waals surface area contributed by atoms with E-state index in [-0.39, 0.29) is 11.9 Å². The lowest BCUT2D eigenvalue weighted by atomic mass is 9.92. The first kappa shape index (κ1) is 15.3. The van der Waals surface area contributed by atoms with Crippen molar-refractivity contribution in [3.05, 3.63) is 89.7 Å². The van der Waals surface area contributed by atoms with E-state index in [1.54, 1.807) is 12.5 Å². The molecule has 2 heterocycles. The van der Waals surface area contributed by atoms with Gasteiger partial charge in [-0.3, -0.25) is 0 Å². The molecule has 126 valence electrons. The topological polar surface area (TPSA) is 83.4 Å². The lowest BCUT2D eigenvalue weighted by Crippen LogP contribution is -2.28. The molecule has 0 radical (unpaired) electrons. The fourth-order valence-electron chi connectivity index (χ4n) is 2.95. The van der Waals surface area contributed by atoms with E-state index in [1.165, 1.54) is 0 Å². The van der Waals surface area contributed by atoms with Crippen LogP contribution in [0.4, 0.5) is 6.01 Å². The van der Waals surface area contributed by atoms with Crippen molar-refractivity contribution in [2.45, 2.75) is 18.6 Å². The Bertz CT molecular complexity index is 897. The van der Waals surface area contributed by atoms with Gasteiger partial charge in [0.15, 0.2) is 0 Å². The summed E-state index contributed by atoms with van der Waals surface area (Å²) in [4.78, 5) is 0. The molecule has 0 aliphatic carbocycles. The van der Waals surface area contributed by atoms with Crippen molar-refractivity contribution in [1.82, 2.24) is 10.2 Å². The first-order valence-corrected chi connectivity index (χ1v) is 7.94. The molecule has 0 fully saturated rings. The smallest absolute Gasteiger partial charge is 0.312 e. The summed E-state index contributed by atoms with van der Waals surface area (Å²) >= 11 is 0. The second-order valence-corrected chi connectivity index (χ2v) is 5.82. The lowest BCUT2D eigenvalue weighted by molar-refractivity contribution is -0.112. The fraction of sp³-hybridized carbons (Fsp3) is 0.158. The summed E-state index contributed by atoms with van der Waals surface area (Å²) in [7, 11) is 0. The first-order chi connectivity index (χ1) is 12.2. The van der Waals surface area contributed by atoms with Crippen LogP contribution in [0.25, 0.3) is 0 Å². The molecule has 0 bridgehead atoms. The van der Waals surface area contributed by atoms with Gasteiger partial charge in [0.2, 0.25) is 5.89 Å². The molecule has 1 unspecified atom stereocenters. The number of anilines is 1. The molecular formula is C19H17N3O3. The van der Waals surface area contributed by atoms with Crippen LogP contribution in [0.2, 0.25) is 0 Å². The monoisotopic (exact) mass is 335 g/mol. The summed E-state index contributed by atoms with van der Waals surface area (Å²) in [6.07, 6.45) is 3.11. The Labute approximate surface area is 144 Å². The molecule has 6 heteroatoms. The van der Waals surface area contributed by atoms with Crippen LogP contribution in [0.5, 0.6) is 0 Å². The highest BCUT2D eigenvalue weighted by Crippen LogP contribution is 2.40. The van der Waals surface area contributed by atoms with Crippen LogP contribution in [-0.2, 0) is 15.3 Å². The number of ether oxygens (including phenoxy) is 2. The van der Waals surface area contributed by atoms with Crippen molar-refractivity contribution in [3.63, 3.8) is 0 Å². The number of nitrogen functional groups attached to an aromatic ring is 1. The molecule has 1 aliphatic rings. The van der Waals surface area contributed by atoms with Gasteiger partial charge in [-0.05, 0) is 18.6 Å². The third-order valence-corrected chi connectivity index (χ3v) is 4.27. The second kappa shape index (κ2) is 5.98. The van der Waals surface area contributed by atoms with Crippen molar-refractivity contribution in [2.75, 3.05) is 5.73 Å². The number of rotatable bonds is 4. The molecule has 6 nitrogen and oxygen atoms in total. The van der Waals surface area contributed by atoms with Crippen LogP contribution < -0.4 is 5.73 Å². The molecule has 0 spiro atoms. The molecular weight excluding hydrogens is 318 g/mol. The van der Waals surface area contributed by atoms with Gasteiger partial charge in [-0.25, -0.2) is 0 Å². The summed E-state index contributed by atoms with van der Waals surface area (Å²) in [6.45, 7) is 1.98. The number of nitrogens with zero attached hydrogens (tertiary/aromatic N) is 2. The number of aromatic nitrogens is 2. The molecule has 1 aromatic heterocycles. The zero-order valence-corrected chi connectivity index (χ0v) is 13.6. The largest absolute Gasteiger partial charge is 0.449 e. The van der Waals surface area contributed by atoms with Crippen molar-refractivity contribution in [2.24, 2.45) is 0 Å². The quantitative estimate of drug-likeness (QED) is 0.785. The summed E-state index contributed by atoms with van der Waals surface area (Å²) in [5.41, 5.74) is 8.31. The van der Waals surface area contributed by atoms with E-state index in [0.717, 1.165) is 16.7 Å². The maximum atomic E-state index is 5.88. The van der Waals surface area contributed by atoms with Crippen molar-refractivity contribution in [1.29, 1.82) is 0 Å². The SMILES string of the molecule is CC(c1cccc(C2(c3ccccc3)OC=CO2)c1)c1nnc(N)o1. The van der Waals surface area contributed by atoms with E-state index in [0.29, 0.717) is 5.89 Å². The van der Waals surface area contributed by atoms with Crippen molar-refractivity contribution >= 4 is 6.01 Å². The van der Waals surface area contributed by atoms with Gasteiger partial charge < -0.3 is 19.6 Å². The molecule has 2 aromatic carbocycles. The number of hydrogen-bond acceptors (Lipinski definition) is 6. The molecule has 1 aliphatic heterocycles. The van der Waals surface area contributed by atoms with Crippen LogP contribution in [-0.4, -0.2) is 10.2 Å². The van der Waals surface area contributed by atoms with Gasteiger partial charge in [0.05, 0.1) is 5.92 Å². The Balaban J connectivity index is 1.75. The normalized spacial score (nSPS) is 16.2. The molecule has 25 heavy (non-hydrogen) atoms. The standard InChI is InChI=1S/C19H17N3O3/c1-13(17-21-22-18(20)25-17)14-6-5-9-16(12-14)19(23-10-11-24-19)15-7-3-2-4-8-15/h2-13H,1H3,(H2,20,22). The maximum absolute atomic E-state index is 5.88. The predicted octanol–water partition coefficient (Wildman–Crippen LogP) is 3.52. The molecule has 1 atom stereocenters. The van der Waals surface area contributed by atoms with Crippen LogP contribution in [0, 0.1) is 0 Å². The Hall–Kier alpha value is -3.28. The van der Waals surface area contributed by atoms with Crippen LogP contribution in [0.15, 0.2) is 71.5 Å². The van der Waals surface area contributed by atoms with Crippen LogP contribution in [0.3, 0.4) is 0 Å². The van der Waals surface area contributed by atoms with Gasteiger partial charge in [0, 0.05) is 11.1 Å². The molecule has 0 saturated carbocycles. The minimum absolute atomic E-state index is 0.0606. The lowest BCUT2D eigenvalue weighted by Gasteiger charge is -2.29. The Morgan fingerprint density at radius 2 is 1.64 bits per heavy atom. The zero-order chi connectivity index (χ0) is 17.3. The predicted molar refractivity (Wildman–Crippen MR) is 91.2 cm³/mol. The third-order valence-electron chi connectivity index (χ3n) is 4.27. The van der Waals surface area contributed by atoms with E-state index in [2.05, 4.69) is 10.2 Å². The highest BCUT2D eigenvalue weighted by Gasteiger charge is 2.40. The summed E-state index contributed by atoms with van der Waals surface area (Å²) < 4.78 is 17.1. The maximum Gasteiger partial charge on any atom is 0.312 e. The summed E-state index contributed by atoms with van der Waals surface area (Å²) in [5.74, 6) is -0.632. The number of benzene rings is 2. The molecule has 4 rings (SSSR count). The highest BCUT2D eigenvalue weighted by atomic mass is 16.7. The Morgan fingerprint density at radius 3 is 2.32 bits per heavy atom. The Morgan fingerprint density at radius 1 is 0.920 bits per heavy atom. The number of hydrogen-bond donors (Lipinski definition) is 1. The minimum atomic E-state index is -0.995. The third kappa shape index (κ3) is 2.61. The van der Waals surface area contributed by atoms with Gasteiger partial charge in [-0.15, -0.1) is 5.10 Å². The fourth-order valence-corrected chi connectivity index (χ4v) is 2.95. The molecule has 2 N–H and O–H groups in total. The second-order valence-electron chi connectivity index (χ2n) is 5.82. The van der Waals surface area contributed by atoms with Crippen LogP contribution in [0.1, 0.15) is 35.4 Å². The van der Waals surface area contributed by atoms with Gasteiger partial charge in [0.1, 0.15) is 12.5 Å². The highest BCUT2D eigenvalue weighted by molar-refractivity contribution is 5.39. The van der Waals surface area contributed by atoms with E-state index in [9.17, 15) is 0 Å². The first-order valence-electron chi connectivity index (χ1n) is 7.94. The number of nitrogens with two attached hydrogens (primary N) is 1. The van der Waals surface area contributed by atoms with E-state index in [1.807, 2.05) is 61.5 Å². The van der Waals surface area contributed by atoms with Gasteiger partial charge in [-0.2, -0.15) is 0 Å². The van der Waals surface area contributed by atoms with Crippen LogP contribution >= 0.6 is 0 Å². The van der Waals surface area contributed by atoms with Crippen molar-refractivity contribution in [3.8, 4) is 0 Å². The average Bonchev–Trinajstić information content (AvgIpc) is 3.32. The molecule has 0 amide bonds. The zero-order valence-electron chi connectivity index (χ0n) is 13.6. The average molecular weight is 335 g/mol. The summed E-state index contributed by atoms with van der Waals surface area (Å²) in [6, 6.07) is 17.8. The van der Waals surface area contributed by atoms with Gasteiger partial charge in [0.25, 0.3) is 0 Å². The molecule has 0 saturated heterocycles.